The Bertz CT molecular complexity index is 772. The number of rotatable bonds is 4. The van der Waals surface area contributed by atoms with Gasteiger partial charge in [0.05, 0.1) is 0 Å². The highest BCUT2D eigenvalue weighted by Gasteiger charge is 2.15. The second-order valence-corrected chi connectivity index (χ2v) is 5.55. The maximum atomic E-state index is 10.6. The van der Waals surface area contributed by atoms with Crippen LogP contribution in [0.3, 0.4) is 0 Å². The van der Waals surface area contributed by atoms with Crippen molar-refractivity contribution in [2.24, 2.45) is 0 Å². The minimum Gasteiger partial charge on any atom is -0.384 e. The van der Waals surface area contributed by atoms with E-state index >= 15 is 0 Å². The predicted octanol–water partition coefficient (Wildman–Crippen LogP) is 4.24. The lowest BCUT2D eigenvalue weighted by atomic mass is 10.0. The molecule has 0 fully saturated rings. The van der Waals surface area contributed by atoms with E-state index in [4.69, 9.17) is 0 Å². The lowest BCUT2D eigenvalue weighted by molar-refractivity contribution is 0.219. The first-order valence-electron chi connectivity index (χ1n) is 7.66. The molecule has 0 saturated carbocycles. The van der Waals surface area contributed by atoms with Crippen LogP contribution in [-0.4, -0.2) is 17.1 Å². The highest BCUT2D eigenvalue weighted by molar-refractivity contribution is 5.59. The quantitative estimate of drug-likeness (QED) is 0.783. The van der Waals surface area contributed by atoms with Gasteiger partial charge in [0, 0.05) is 24.0 Å². The molecule has 0 saturated heterocycles. The molecular formula is C20H20N2O. The van der Waals surface area contributed by atoms with Gasteiger partial charge >= 0.3 is 0 Å². The molecule has 0 bridgehead atoms. The molecule has 0 aliphatic rings. The van der Waals surface area contributed by atoms with Gasteiger partial charge in [-0.2, -0.15) is 0 Å². The Morgan fingerprint density at radius 1 is 0.870 bits per heavy atom. The fraction of sp³-hybridized carbons (Fsp3) is 0.150. The third-order valence-corrected chi connectivity index (χ3v) is 4.01. The summed E-state index contributed by atoms with van der Waals surface area (Å²) in [6.45, 7) is 1.93. The van der Waals surface area contributed by atoms with Crippen molar-refractivity contribution in [2.45, 2.75) is 13.0 Å². The van der Waals surface area contributed by atoms with E-state index in [1.54, 1.807) is 0 Å². The molecule has 1 heterocycles. The highest BCUT2D eigenvalue weighted by atomic mass is 16.3. The number of aliphatic hydroxyl groups excluding tert-OH is 1. The van der Waals surface area contributed by atoms with Crippen molar-refractivity contribution >= 4 is 11.5 Å². The van der Waals surface area contributed by atoms with Crippen molar-refractivity contribution in [2.75, 3.05) is 11.9 Å². The van der Waals surface area contributed by atoms with Crippen LogP contribution in [0, 0.1) is 6.92 Å². The minimum absolute atomic E-state index is 0.653. The second-order valence-electron chi connectivity index (χ2n) is 5.55. The smallest absolute Gasteiger partial charge is 0.132 e. The molecule has 0 aliphatic carbocycles. The van der Waals surface area contributed by atoms with E-state index in [-0.39, 0.29) is 0 Å². The zero-order valence-corrected chi connectivity index (χ0v) is 13.3. The molecule has 1 N–H and O–H groups in total. The van der Waals surface area contributed by atoms with Gasteiger partial charge in [0.2, 0.25) is 0 Å². The van der Waals surface area contributed by atoms with Gasteiger partial charge in [-0.15, -0.1) is 0 Å². The summed E-state index contributed by atoms with van der Waals surface area (Å²) in [7, 11) is 1.99. The summed E-state index contributed by atoms with van der Waals surface area (Å²) >= 11 is 0. The molecule has 0 amide bonds. The maximum absolute atomic E-state index is 10.6. The van der Waals surface area contributed by atoms with Crippen LogP contribution in [0.2, 0.25) is 0 Å². The van der Waals surface area contributed by atoms with Gasteiger partial charge in [-0.05, 0) is 30.7 Å². The zero-order chi connectivity index (χ0) is 16.2. The van der Waals surface area contributed by atoms with Crippen molar-refractivity contribution in [3.8, 4) is 0 Å². The van der Waals surface area contributed by atoms with Crippen LogP contribution in [0.5, 0.6) is 0 Å². The Balaban J connectivity index is 1.89. The number of benzene rings is 2. The Hall–Kier alpha value is -2.65. The third kappa shape index (κ3) is 3.25. The maximum Gasteiger partial charge on any atom is 0.132 e. The van der Waals surface area contributed by atoms with E-state index in [1.165, 1.54) is 0 Å². The average Bonchev–Trinajstić information content (AvgIpc) is 2.62. The molecule has 1 atom stereocenters. The fourth-order valence-corrected chi connectivity index (χ4v) is 2.63. The number of pyridine rings is 1. The zero-order valence-electron chi connectivity index (χ0n) is 13.3. The summed E-state index contributed by atoms with van der Waals surface area (Å²) in [5, 5.41) is 10.6. The van der Waals surface area contributed by atoms with Gasteiger partial charge in [0.15, 0.2) is 0 Å². The van der Waals surface area contributed by atoms with E-state index in [0.717, 1.165) is 28.3 Å². The molecule has 3 nitrogen and oxygen atoms in total. The molecule has 0 spiro atoms. The van der Waals surface area contributed by atoms with Gasteiger partial charge in [0.1, 0.15) is 11.9 Å². The number of hydrogen-bond acceptors (Lipinski definition) is 3. The number of nitrogens with zero attached hydrogens (tertiary/aromatic N) is 2. The lowest BCUT2D eigenvalue weighted by Crippen LogP contribution is -2.13. The Morgan fingerprint density at radius 3 is 2.09 bits per heavy atom. The molecule has 0 radical (unpaired) electrons. The van der Waals surface area contributed by atoms with Crippen molar-refractivity contribution in [3.05, 3.63) is 89.6 Å². The molecule has 3 heteroatoms. The molecule has 23 heavy (non-hydrogen) atoms. The fourth-order valence-electron chi connectivity index (χ4n) is 2.63. The Kier molecular flexibility index (Phi) is 4.40. The molecule has 3 rings (SSSR count). The normalized spacial score (nSPS) is 12.0. The molecule has 0 unspecified atom stereocenters. The number of aromatic nitrogens is 1. The summed E-state index contributed by atoms with van der Waals surface area (Å²) in [5.41, 5.74) is 3.63. The standard InChI is InChI=1S/C20H20N2O/c1-15-18(20(23)16-9-5-3-6-10-16)13-14-19(21-15)22(2)17-11-7-4-8-12-17/h3-14,20,23H,1-2H3/t20-/m1/s1. The Labute approximate surface area is 136 Å². The topological polar surface area (TPSA) is 36.4 Å². The predicted molar refractivity (Wildman–Crippen MR) is 94.0 cm³/mol. The molecule has 0 aliphatic heterocycles. The summed E-state index contributed by atoms with van der Waals surface area (Å²) < 4.78 is 0. The van der Waals surface area contributed by atoms with Crippen LogP contribution in [-0.2, 0) is 0 Å². The van der Waals surface area contributed by atoms with Gasteiger partial charge in [-0.3, -0.25) is 0 Å². The van der Waals surface area contributed by atoms with Gasteiger partial charge in [-0.25, -0.2) is 4.98 Å². The van der Waals surface area contributed by atoms with Crippen LogP contribution in [0.15, 0.2) is 72.8 Å². The lowest BCUT2D eigenvalue weighted by Gasteiger charge is -2.21. The first kappa shape index (κ1) is 15.3. The van der Waals surface area contributed by atoms with Crippen molar-refractivity contribution in [1.82, 2.24) is 4.98 Å². The van der Waals surface area contributed by atoms with Crippen LogP contribution in [0.4, 0.5) is 11.5 Å². The van der Waals surface area contributed by atoms with Gasteiger partial charge < -0.3 is 10.0 Å². The van der Waals surface area contributed by atoms with Crippen LogP contribution < -0.4 is 4.90 Å². The van der Waals surface area contributed by atoms with Crippen molar-refractivity contribution in [1.29, 1.82) is 0 Å². The number of aliphatic hydroxyl groups is 1. The minimum atomic E-state index is -0.653. The third-order valence-electron chi connectivity index (χ3n) is 4.01. The Morgan fingerprint density at radius 2 is 1.48 bits per heavy atom. The number of anilines is 2. The van der Waals surface area contributed by atoms with Crippen LogP contribution in [0.1, 0.15) is 22.9 Å². The van der Waals surface area contributed by atoms with Gasteiger partial charge in [0.25, 0.3) is 0 Å². The van der Waals surface area contributed by atoms with Gasteiger partial charge in [-0.1, -0.05) is 54.6 Å². The van der Waals surface area contributed by atoms with Crippen molar-refractivity contribution in [3.63, 3.8) is 0 Å². The summed E-state index contributed by atoms with van der Waals surface area (Å²) in [5.74, 6) is 0.859. The first-order chi connectivity index (χ1) is 11.2. The van der Waals surface area contributed by atoms with E-state index in [2.05, 4.69) is 4.98 Å². The van der Waals surface area contributed by atoms with Crippen LogP contribution in [0.25, 0.3) is 0 Å². The number of hydrogen-bond donors (Lipinski definition) is 1. The molecular weight excluding hydrogens is 284 g/mol. The number of para-hydroxylation sites is 1. The average molecular weight is 304 g/mol. The van der Waals surface area contributed by atoms with E-state index in [9.17, 15) is 5.11 Å². The van der Waals surface area contributed by atoms with Crippen LogP contribution >= 0.6 is 0 Å². The van der Waals surface area contributed by atoms with E-state index in [0.29, 0.717) is 0 Å². The largest absolute Gasteiger partial charge is 0.384 e. The second kappa shape index (κ2) is 6.63. The highest BCUT2D eigenvalue weighted by Crippen LogP contribution is 2.27. The van der Waals surface area contributed by atoms with E-state index in [1.807, 2.05) is 91.7 Å². The molecule has 3 aromatic rings. The van der Waals surface area contributed by atoms with E-state index < -0.39 is 6.10 Å². The monoisotopic (exact) mass is 304 g/mol. The first-order valence-corrected chi connectivity index (χ1v) is 7.66. The SMILES string of the molecule is Cc1nc(N(C)c2ccccc2)ccc1[C@H](O)c1ccccc1. The summed E-state index contributed by atoms with van der Waals surface area (Å²) in [4.78, 5) is 6.70. The summed E-state index contributed by atoms with van der Waals surface area (Å²) in [6.07, 6.45) is -0.653. The molecule has 116 valence electrons. The molecule has 2 aromatic carbocycles. The summed E-state index contributed by atoms with van der Waals surface area (Å²) in [6, 6.07) is 23.6. The molecule has 1 aromatic heterocycles. The number of aryl methyl sites for hydroxylation is 1. The van der Waals surface area contributed by atoms with Crippen molar-refractivity contribution < 1.29 is 5.11 Å².